The van der Waals surface area contributed by atoms with Crippen LogP contribution in [0.4, 0.5) is 0 Å². The number of ketones is 1. The molecule has 1 aromatic carbocycles. The van der Waals surface area contributed by atoms with Crippen LogP contribution < -0.4 is 5.32 Å². The van der Waals surface area contributed by atoms with Gasteiger partial charge in [0.25, 0.3) is 0 Å². The van der Waals surface area contributed by atoms with Crippen molar-refractivity contribution in [2.45, 2.75) is 26.4 Å². The third-order valence-electron chi connectivity index (χ3n) is 3.10. The Balaban J connectivity index is 2.02. The summed E-state index contributed by atoms with van der Waals surface area (Å²) in [6.07, 6.45) is 0.727. The number of benzene rings is 1. The number of hydrogen-bond acceptors (Lipinski definition) is 3. The normalized spacial score (nSPS) is 20.1. The first kappa shape index (κ1) is 13.2. The average Bonchev–Trinajstić information content (AvgIpc) is 2.39. The molecular weight excluding hydrogens is 226 g/mol. The molecular formula is C15H21NO2. The Kier molecular flexibility index (Phi) is 4.50. The molecule has 1 aliphatic rings. The van der Waals surface area contributed by atoms with Crippen molar-refractivity contribution >= 4 is 5.78 Å². The van der Waals surface area contributed by atoms with Gasteiger partial charge >= 0.3 is 0 Å². The Hall–Kier alpha value is -1.19. The van der Waals surface area contributed by atoms with Crippen molar-refractivity contribution in [1.29, 1.82) is 0 Å². The number of rotatable bonds is 4. The molecule has 1 aromatic rings. The van der Waals surface area contributed by atoms with E-state index in [1.165, 1.54) is 5.56 Å². The lowest BCUT2D eigenvalue weighted by Crippen LogP contribution is -2.43. The zero-order valence-corrected chi connectivity index (χ0v) is 11.1. The van der Waals surface area contributed by atoms with E-state index >= 15 is 0 Å². The van der Waals surface area contributed by atoms with E-state index in [0.29, 0.717) is 19.1 Å². The molecule has 1 N–H and O–H groups in total. The fourth-order valence-corrected chi connectivity index (χ4v) is 2.20. The average molecular weight is 247 g/mol. The highest BCUT2D eigenvalue weighted by Crippen LogP contribution is 2.12. The molecule has 0 bridgehead atoms. The van der Waals surface area contributed by atoms with Gasteiger partial charge in [0.1, 0.15) is 6.10 Å². The number of hydrogen-bond donors (Lipinski definition) is 1. The van der Waals surface area contributed by atoms with Gasteiger partial charge < -0.3 is 10.1 Å². The Morgan fingerprint density at radius 1 is 1.39 bits per heavy atom. The van der Waals surface area contributed by atoms with E-state index in [1.807, 2.05) is 24.3 Å². The lowest BCUT2D eigenvalue weighted by Gasteiger charge is -2.22. The predicted molar refractivity (Wildman–Crippen MR) is 71.9 cm³/mol. The molecule has 18 heavy (non-hydrogen) atoms. The van der Waals surface area contributed by atoms with E-state index < -0.39 is 0 Å². The van der Waals surface area contributed by atoms with Crippen molar-refractivity contribution in [2.75, 3.05) is 19.7 Å². The Morgan fingerprint density at radius 3 is 2.67 bits per heavy atom. The van der Waals surface area contributed by atoms with Gasteiger partial charge in [0, 0.05) is 18.7 Å². The first-order valence-corrected chi connectivity index (χ1v) is 6.62. The van der Waals surface area contributed by atoms with Crippen molar-refractivity contribution in [3.05, 3.63) is 35.4 Å². The number of Topliss-reactive ketones (excluding diaryl/α,β-unsaturated/α-hetero) is 1. The SMILES string of the molecule is CC(C)Cc1ccc(C(=O)C2CNCCO2)cc1. The van der Waals surface area contributed by atoms with E-state index in [4.69, 9.17) is 4.74 Å². The third-order valence-corrected chi connectivity index (χ3v) is 3.10. The maximum absolute atomic E-state index is 12.2. The van der Waals surface area contributed by atoms with Gasteiger partial charge in [-0.25, -0.2) is 0 Å². The van der Waals surface area contributed by atoms with E-state index in [0.717, 1.165) is 18.5 Å². The second-order valence-electron chi connectivity index (χ2n) is 5.22. The van der Waals surface area contributed by atoms with Crippen molar-refractivity contribution in [2.24, 2.45) is 5.92 Å². The molecule has 98 valence electrons. The van der Waals surface area contributed by atoms with E-state index in [-0.39, 0.29) is 11.9 Å². The second-order valence-corrected chi connectivity index (χ2v) is 5.22. The van der Waals surface area contributed by atoms with Crippen LogP contribution in [-0.4, -0.2) is 31.6 Å². The molecule has 0 spiro atoms. The van der Waals surface area contributed by atoms with Crippen LogP contribution in [-0.2, 0) is 11.2 Å². The predicted octanol–water partition coefficient (Wildman–Crippen LogP) is 2.06. The first-order chi connectivity index (χ1) is 8.66. The Labute approximate surface area is 109 Å². The summed E-state index contributed by atoms with van der Waals surface area (Å²) in [5, 5.41) is 3.18. The largest absolute Gasteiger partial charge is 0.367 e. The summed E-state index contributed by atoms with van der Waals surface area (Å²) >= 11 is 0. The third kappa shape index (κ3) is 3.40. The monoisotopic (exact) mass is 247 g/mol. The fourth-order valence-electron chi connectivity index (χ4n) is 2.20. The minimum absolute atomic E-state index is 0.0818. The van der Waals surface area contributed by atoms with Crippen molar-refractivity contribution in [3.63, 3.8) is 0 Å². The Bertz CT molecular complexity index is 391. The van der Waals surface area contributed by atoms with Gasteiger partial charge in [0.05, 0.1) is 6.61 Å². The lowest BCUT2D eigenvalue weighted by atomic mass is 9.99. The molecule has 0 aliphatic carbocycles. The second kappa shape index (κ2) is 6.12. The zero-order valence-electron chi connectivity index (χ0n) is 11.1. The molecule has 0 amide bonds. The molecule has 1 aliphatic heterocycles. The van der Waals surface area contributed by atoms with Gasteiger partial charge in [-0.1, -0.05) is 38.1 Å². The van der Waals surface area contributed by atoms with Crippen LogP contribution in [0.3, 0.4) is 0 Å². The van der Waals surface area contributed by atoms with Crippen LogP contribution in [0.15, 0.2) is 24.3 Å². The summed E-state index contributed by atoms with van der Waals surface area (Å²) in [7, 11) is 0. The highest BCUT2D eigenvalue weighted by atomic mass is 16.5. The summed E-state index contributed by atoms with van der Waals surface area (Å²) in [5.41, 5.74) is 2.03. The van der Waals surface area contributed by atoms with Crippen LogP contribution in [0.25, 0.3) is 0 Å². The summed E-state index contributed by atoms with van der Waals surface area (Å²) < 4.78 is 5.48. The quantitative estimate of drug-likeness (QED) is 0.828. The minimum Gasteiger partial charge on any atom is -0.367 e. The van der Waals surface area contributed by atoms with Gasteiger partial charge in [-0.3, -0.25) is 4.79 Å². The highest BCUT2D eigenvalue weighted by Gasteiger charge is 2.22. The maximum atomic E-state index is 12.2. The van der Waals surface area contributed by atoms with Crippen LogP contribution in [0.5, 0.6) is 0 Å². The van der Waals surface area contributed by atoms with Gasteiger partial charge in [-0.05, 0) is 17.9 Å². The summed E-state index contributed by atoms with van der Waals surface area (Å²) in [4.78, 5) is 12.2. The summed E-state index contributed by atoms with van der Waals surface area (Å²) in [6, 6.07) is 7.92. The maximum Gasteiger partial charge on any atom is 0.192 e. The van der Waals surface area contributed by atoms with Gasteiger partial charge in [-0.15, -0.1) is 0 Å². The van der Waals surface area contributed by atoms with Crippen molar-refractivity contribution in [1.82, 2.24) is 5.32 Å². The molecule has 1 atom stereocenters. The van der Waals surface area contributed by atoms with Crippen LogP contribution in [0.2, 0.25) is 0 Å². The van der Waals surface area contributed by atoms with Gasteiger partial charge in [0.15, 0.2) is 5.78 Å². The zero-order chi connectivity index (χ0) is 13.0. The number of ether oxygens (including phenoxy) is 1. The first-order valence-electron chi connectivity index (χ1n) is 6.62. The molecule has 1 fully saturated rings. The fraction of sp³-hybridized carbons (Fsp3) is 0.533. The molecule has 1 unspecified atom stereocenters. The smallest absolute Gasteiger partial charge is 0.192 e. The van der Waals surface area contributed by atoms with Crippen LogP contribution >= 0.6 is 0 Å². The van der Waals surface area contributed by atoms with Crippen molar-refractivity contribution < 1.29 is 9.53 Å². The molecule has 3 nitrogen and oxygen atoms in total. The number of carbonyl (C=O) groups is 1. The molecule has 0 saturated carbocycles. The molecule has 2 rings (SSSR count). The number of morpholine rings is 1. The molecule has 0 aromatic heterocycles. The highest BCUT2D eigenvalue weighted by molar-refractivity contribution is 5.99. The van der Waals surface area contributed by atoms with E-state index in [1.54, 1.807) is 0 Å². The standard InChI is InChI=1S/C15H21NO2/c1-11(2)9-12-3-5-13(6-4-12)15(17)14-10-16-7-8-18-14/h3-6,11,14,16H,7-10H2,1-2H3. The molecule has 3 heteroatoms. The molecule has 1 saturated heterocycles. The number of nitrogens with one attached hydrogen (secondary N) is 1. The van der Waals surface area contributed by atoms with E-state index in [2.05, 4.69) is 19.2 Å². The van der Waals surface area contributed by atoms with Crippen LogP contribution in [0, 0.1) is 5.92 Å². The molecule has 1 heterocycles. The van der Waals surface area contributed by atoms with Gasteiger partial charge in [0.2, 0.25) is 0 Å². The minimum atomic E-state index is -0.324. The van der Waals surface area contributed by atoms with Crippen LogP contribution in [0.1, 0.15) is 29.8 Å². The topological polar surface area (TPSA) is 38.3 Å². The molecule has 0 radical (unpaired) electrons. The Morgan fingerprint density at radius 2 is 2.11 bits per heavy atom. The van der Waals surface area contributed by atoms with Crippen molar-refractivity contribution in [3.8, 4) is 0 Å². The number of carbonyl (C=O) groups excluding carboxylic acids is 1. The summed E-state index contributed by atoms with van der Waals surface area (Å²) in [6.45, 7) is 6.45. The lowest BCUT2D eigenvalue weighted by molar-refractivity contribution is 0.0269. The van der Waals surface area contributed by atoms with E-state index in [9.17, 15) is 4.79 Å². The summed E-state index contributed by atoms with van der Waals surface area (Å²) in [5.74, 6) is 0.718. The van der Waals surface area contributed by atoms with Gasteiger partial charge in [-0.2, -0.15) is 0 Å².